The highest BCUT2D eigenvalue weighted by Crippen LogP contribution is 2.20. The quantitative estimate of drug-likeness (QED) is 0.661. The summed E-state index contributed by atoms with van der Waals surface area (Å²) in [4.78, 5) is 34.8. The molecule has 1 aliphatic heterocycles. The smallest absolute Gasteiger partial charge is 0.326 e. The van der Waals surface area contributed by atoms with Gasteiger partial charge in [-0.2, -0.15) is 0 Å². The maximum absolute atomic E-state index is 11.9. The van der Waals surface area contributed by atoms with Gasteiger partial charge in [0.25, 0.3) is 0 Å². The van der Waals surface area contributed by atoms with Gasteiger partial charge in [-0.05, 0) is 18.8 Å². The van der Waals surface area contributed by atoms with Crippen LogP contribution in [-0.2, 0) is 9.59 Å². The second kappa shape index (κ2) is 6.96. The van der Waals surface area contributed by atoms with Crippen LogP contribution in [0.5, 0.6) is 0 Å². The molecule has 19 heavy (non-hydrogen) atoms. The number of nitrogens with zero attached hydrogens (tertiary/aromatic N) is 1. The van der Waals surface area contributed by atoms with Crippen LogP contribution >= 0.6 is 0 Å². The van der Waals surface area contributed by atoms with Crippen molar-refractivity contribution in [3.8, 4) is 0 Å². The Hall–Kier alpha value is -1.79. The molecule has 1 rings (SSSR count). The monoisotopic (exact) mass is 272 g/mol. The molecule has 1 fully saturated rings. The van der Waals surface area contributed by atoms with Gasteiger partial charge in [0.1, 0.15) is 6.04 Å². The van der Waals surface area contributed by atoms with E-state index >= 15 is 0 Å². The molecule has 0 aliphatic carbocycles. The van der Waals surface area contributed by atoms with Crippen LogP contribution in [0.4, 0.5) is 4.79 Å². The Morgan fingerprint density at radius 1 is 1.37 bits per heavy atom. The highest BCUT2D eigenvalue weighted by molar-refractivity contribution is 5.86. The lowest BCUT2D eigenvalue weighted by molar-refractivity contribution is -0.145. The zero-order valence-electron chi connectivity index (χ0n) is 11.0. The van der Waals surface area contributed by atoms with Gasteiger partial charge in [-0.1, -0.05) is 13.3 Å². The standard InChI is InChI=1S/C12H20N2O5/c1-2-3-8-4-5-14(7-8)12(19)13-9(11(17)18)6-10(15)16/h8-9H,2-7H2,1H3,(H,13,19)(H,15,16)(H,17,18)/t8?,9-/m0/s1. The van der Waals surface area contributed by atoms with Crippen molar-refractivity contribution >= 4 is 18.0 Å². The second-order valence-electron chi connectivity index (χ2n) is 4.83. The Bertz CT molecular complexity index is 358. The molecule has 0 radical (unpaired) electrons. The number of carbonyl (C=O) groups is 3. The molecule has 1 aliphatic rings. The third-order valence-electron chi connectivity index (χ3n) is 3.24. The van der Waals surface area contributed by atoms with Crippen LogP contribution in [0, 0.1) is 5.92 Å². The minimum atomic E-state index is -1.38. The molecule has 0 spiro atoms. The highest BCUT2D eigenvalue weighted by Gasteiger charge is 2.29. The van der Waals surface area contributed by atoms with Crippen molar-refractivity contribution in [1.82, 2.24) is 10.2 Å². The maximum Gasteiger partial charge on any atom is 0.326 e. The molecule has 2 amide bonds. The summed E-state index contributed by atoms with van der Waals surface area (Å²) in [6, 6.07) is -1.87. The van der Waals surface area contributed by atoms with Crippen molar-refractivity contribution in [1.29, 1.82) is 0 Å². The first-order valence-electron chi connectivity index (χ1n) is 6.44. The molecule has 108 valence electrons. The van der Waals surface area contributed by atoms with Crippen molar-refractivity contribution in [3.63, 3.8) is 0 Å². The number of hydrogen-bond donors (Lipinski definition) is 3. The Balaban J connectivity index is 2.49. The molecule has 0 aromatic carbocycles. The molecule has 1 unspecified atom stereocenters. The topological polar surface area (TPSA) is 107 Å². The minimum absolute atomic E-state index is 0.457. The number of aliphatic carboxylic acids is 2. The lowest BCUT2D eigenvalue weighted by Crippen LogP contribution is -2.48. The Labute approximate surface area is 111 Å². The van der Waals surface area contributed by atoms with Crippen LogP contribution in [0.25, 0.3) is 0 Å². The van der Waals surface area contributed by atoms with Crippen LogP contribution in [-0.4, -0.2) is 52.2 Å². The van der Waals surface area contributed by atoms with Gasteiger partial charge in [0.15, 0.2) is 0 Å². The average Bonchev–Trinajstić information content (AvgIpc) is 2.76. The zero-order chi connectivity index (χ0) is 14.4. The molecule has 2 atom stereocenters. The van der Waals surface area contributed by atoms with Gasteiger partial charge in [0.2, 0.25) is 0 Å². The Morgan fingerprint density at radius 2 is 2.05 bits per heavy atom. The van der Waals surface area contributed by atoms with E-state index in [1.165, 1.54) is 0 Å². The van der Waals surface area contributed by atoms with Crippen molar-refractivity contribution in [2.45, 2.75) is 38.6 Å². The molecule has 7 nitrogen and oxygen atoms in total. The van der Waals surface area contributed by atoms with Gasteiger partial charge in [0, 0.05) is 13.1 Å². The first-order valence-corrected chi connectivity index (χ1v) is 6.44. The molecule has 0 saturated carbocycles. The van der Waals surface area contributed by atoms with Crippen molar-refractivity contribution < 1.29 is 24.6 Å². The summed E-state index contributed by atoms with van der Waals surface area (Å²) >= 11 is 0. The first kappa shape index (κ1) is 15.3. The first-order chi connectivity index (χ1) is 8.93. The van der Waals surface area contributed by atoms with E-state index in [-0.39, 0.29) is 0 Å². The summed E-state index contributed by atoms with van der Waals surface area (Å²) in [6.45, 7) is 3.28. The van der Waals surface area contributed by atoms with E-state index in [0.717, 1.165) is 19.3 Å². The van der Waals surface area contributed by atoms with Gasteiger partial charge in [0.05, 0.1) is 6.42 Å². The number of urea groups is 1. The fraction of sp³-hybridized carbons (Fsp3) is 0.750. The van der Waals surface area contributed by atoms with E-state index in [1.807, 2.05) is 0 Å². The molecule has 0 aromatic rings. The number of carboxylic acids is 2. The zero-order valence-corrected chi connectivity index (χ0v) is 11.0. The Kier molecular flexibility index (Phi) is 5.59. The minimum Gasteiger partial charge on any atom is -0.481 e. The van der Waals surface area contributed by atoms with Gasteiger partial charge < -0.3 is 20.4 Å². The van der Waals surface area contributed by atoms with Gasteiger partial charge in [-0.3, -0.25) is 4.79 Å². The number of carbonyl (C=O) groups excluding carboxylic acids is 1. The SMILES string of the molecule is CCCC1CCN(C(=O)N[C@@H](CC(=O)O)C(=O)O)C1. The van der Waals surface area contributed by atoms with E-state index in [0.29, 0.717) is 19.0 Å². The molecule has 1 saturated heterocycles. The van der Waals surface area contributed by atoms with E-state index in [9.17, 15) is 14.4 Å². The van der Waals surface area contributed by atoms with Crippen LogP contribution < -0.4 is 5.32 Å². The number of carboxylic acid groups (broad SMARTS) is 2. The summed E-state index contributed by atoms with van der Waals surface area (Å²) in [5.74, 6) is -2.13. The molecule has 3 N–H and O–H groups in total. The molecule has 0 aromatic heterocycles. The third-order valence-corrected chi connectivity index (χ3v) is 3.24. The van der Waals surface area contributed by atoms with Crippen LogP contribution in [0.2, 0.25) is 0 Å². The summed E-state index contributed by atoms with van der Waals surface area (Å²) in [6.07, 6.45) is 2.39. The van der Waals surface area contributed by atoms with Crippen LogP contribution in [0.1, 0.15) is 32.6 Å². The second-order valence-corrected chi connectivity index (χ2v) is 4.83. The fourth-order valence-corrected chi connectivity index (χ4v) is 2.28. The fourth-order valence-electron chi connectivity index (χ4n) is 2.28. The van der Waals surface area contributed by atoms with Crippen molar-refractivity contribution in [2.24, 2.45) is 5.92 Å². The number of hydrogen-bond acceptors (Lipinski definition) is 3. The van der Waals surface area contributed by atoms with E-state index in [4.69, 9.17) is 10.2 Å². The number of amides is 2. The maximum atomic E-state index is 11.9. The molecule has 1 heterocycles. The van der Waals surface area contributed by atoms with Crippen LogP contribution in [0.15, 0.2) is 0 Å². The van der Waals surface area contributed by atoms with Gasteiger partial charge in [-0.25, -0.2) is 9.59 Å². The summed E-state index contributed by atoms with van der Waals surface area (Å²) in [5.41, 5.74) is 0. The molecular formula is C12H20N2O5. The molecule has 7 heteroatoms. The third kappa shape index (κ3) is 4.76. The molecular weight excluding hydrogens is 252 g/mol. The van der Waals surface area contributed by atoms with E-state index < -0.39 is 30.4 Å². The molecule has 0 bridgehead atoms. The van der Waals surface area contributed by atoms with E-state index in [1.54, 1.807) is 4.90 Å². The summed E-state index contributed by atoms with van der Waals surface area (Å²) < 4.78 is 0. The van der Waals surface area contributed by atoms with E-state index in [2.05, 4.69) is 12.2 Å². The summed E-state index contributed by atoms with van der Waals surface area (Å²) in [7, 11) is 0. The van der Waals surface area contributed by atoms with Gasteiger partial charge >= 0.3 is 18.0 Å². The van der Waals surface area contributed by atoms with Crippen molar-refractivity contribution in [2.75, 3.05) is 13.1 Å². The summed E-state index contributed by atoms with van der Waals surface area (Å²) in [5, 5.41) is 19.7. The predicted octanol–water partition coefficient (Wildman–Crippen LogP) is 0.746. The lowest BCUT2D eigenvalue weighted by Gasteiger charge is -2.20. The number of nitrogens with one attached hydrogen (secondary N) is 1. The van der Waals surface area contributed by atoms with Gasteiger partial charge in [-0.15, -0.1) is 0 Å². The van der Waals surface area contributed by atoms with Crippen molar-refractivity contribution in [3.05, 3.63) is 0 Å². The number of rotatable bonds is 6. The largest absolute Gasteiger partial charge is 0.481 e. The normalized spacial score (nSPS) is 20.1. The highest BCUT2D eigenvalue weighted by atomic mass is 16.4. The van der Waals surface area contributed by atoms with Crippen LogP contribution in [0.3, 0.4) is 0 Å². The predicted molar refractivity (Wildman–Crippen MR) is 66.8 cm³/mol. The lowest BCUT2D eigenvalue weighted by atomic mass is 10.0. The number of likely N-dealkylation sites (tertiary alicyclic amines) is 1. The Morgan fingerprint density at radius 3 is 2.58 bits per heavy atom. The average molecular weight is 272 g/mol.